The van der Waals surface area contributed by atoms with Gasteiger partial charge in [-0.3, -0.25) is 9.59 Å². The lowest BCUT2D eigenvalue weighted by atomic mass is 10.2. The maximum atomic E-state index is 12.6. The Morgan fingerprint density at radius 1 is 1.07 bits per heavy atom. The van der Waals surface area contributed by atoms with Crippen LogP contribution in [0, 0.1) is 11.3 Å². The third kappa shape index (κ3) is 7.06. The van der Waals surface area contributed by atoms with E-state index in [1.807, 2.05) is 0 Å². The molecule has 29 heavy (non-hydrogen) atoms. The number of amides is 2. The molecular weight excluding hydrogens is 437 g/mol. The van der Waals surface area contributed by atoms with E-state index in [4.69, 9.17) is 28.5 Å². The molecule has 0 aromatic heterocycles. The Kier molecular flexibility index (Phi) is 8.02. The maximum absolute atomic E-state index is 12.6. The highest BCUT2D eigenvalue weighted by atomic mass is 35.5. The molecule has 2 aromatic rings. The summed E-state index contributed by atoms with van der Waals surface area (Å²) in [6.07, 6.45) is 0. The fourth-order valence-corrected chi connectivity index (χ4v) is 4.33. The first-order valence-corrected chi connectivity index (χ1v) is 10.9. The highest BCUT2D eigenvalue weighted by molar-refractivity contribution is 7.90. The van der Waals surface area contributed by atoms with Crippen molar-refractivity contribution < 1.29 is 18.0 Å². The Morgan fingerprint density at radius 2 is 1.76 bits per heavy atom. The van der Waals surface area contributed by atoms with Gasteiger partial charge in [0.15, 0.2) is 9.84 Å². The van der Waals surface area contributed by atoms with Gasteiger partial charge in [0.2, 0.25) is 5.91 Å². The fourth-order valence-electron chi connectivity index (χ4n) is 2.46. The zero-order valence-electron chi connectivity index (χ0n) is 15.1. The second kappa shape index (κ2) is 10.3. The summed E-state index contributed by atoms with van der Waals surface area (Å²) in [5, 5.41) is 13.8. The summed E-state index contributed by atoms with van der Waals surface area (Å²) in [5.41, 5.74) is 0.664. The summed E-state index contributed by atoms with van der Waals surface area (Å²) in [4.78, 5) is 24.7. The molecule has 0 aliphatic carbocycles. The molecule has 2 N–H and O–H groups in total. The molecule has 2 amide bonds. The van der Waals surface area contributed by atoms with E-state index in [1.165, 1.54) is 30.3 Å². The number of carbonyl (C=O) groups is 2. The van der Waals surface area contributed by atoms with Crippen LogP contribution in [-0.4, -0.2) is 38.6 Å². The lowest BCUT2D eigenvalue weighted by molar-refractivity contribution is -0.122. The summed E-state index contributed by atoms with van der Waals surface area (Å²) in [7, 11) is -3.82. The summed E-state index contributed by atoms with van der Waals surface area (Å²) >= 11 is 11.7. The van der Waals surface area contributed by atoms with E-state index in [1.54, 1.807) is 24.3 Å². The summed E-state index contributed by atoms with van der Waals surface area (Å²) < 4.78 is 25.3. The van der Waals surface area contributed by atoms with Crippen LogP contribution in [0.2, 0.25) is 10.0 Å². The molecule has 0 aliphatic rings. The van der Waals surface area contributed by atoms with Crippen LogP contribution in [-0.2, 0) is 20.4 Å². The largest absolute Gasteiger partial charge is 0.341 e. The van der Waals surface area contributed by atoms with Crippen LogP contribution in [0.3, 0.4) is 0 Å². The van der Waals surface area contributed by atoms with Crippen molar-refractivity contribution in [1.82, 2.24) is 10.6 Å². The van der Waals surface area contributed by atoms with Crippen molar-refractivity contribution in [2.75, 3.05) is 12.3 Å². The standard InChI is InChI=1S/C19H17Cl2N3O4S/c20-15-7-6-13(10-16(15)21)11-29(27,28)12-17(19(26)23-9-8-22)24-18(25)14-4-2-1-3-5-14/h1-7,10,17H,9,11-12H2,(H,23,26)(H,24,25). The van der Waals surface area contributed by atoms with Gasteiger partial charge in [0, 0.05) is 5.56 Å². The Hall–Kier alpha value is -2.60. The third-order valence-corrected chi connectivity index (χ3v) is 6.14. The molecular formula is C19H17Cl2N3O4S. The molecule has 0 fully saturated rings. The molecule has 0 heterocycles. The van der Waals surface area contributed by atoms with E-state index in [0.29, 0.717) is 5.56 Å². The van der Waals surface area contributed by atoms with Crippen molar-refractivity contribution in [3.8, 4) is 6.07 Å². The van der Waals surface area contributed by atoms with E-state index < -0.39 is 39.2 Å². The summed E-state index contributed by atoms with van der Waals surface area (Å²) in [5.74, 6) is -2.42. The van der Waals surface area contributed by atoms with Crippen LogP contribution in [0.25, 0.3) is 0 Å². The average molecular weight is 454 g/mol. The van der Waals surface area contributed by atoms with Crippen LogP contribution in [0.15, 0.2) is 48.5 Å². The monoisotopic (exact) mass is 453 g/mol. The van der Waals surface area contributed by atoms with E-state index in [9.17, 15) is 18.0 Å². The minimum Gasteiger partial charge on any atom is -0.341 e. The van der Waals surface area contributed by atoms with Gasteiger partial charge in [0.25, 0.3) is 5.91 Å². The van der Waals surface area contributed by atoms with Gasteiger partial charge in [0.1, 0.15) is 12.6 Å². The first-order chi connectivity index (χ1) is 13.7. The number of hydrogen-bond acceptors (Lipinski definition) is 5. The Labute approximate surface area is 178 Å². The minimum absolute atomic E-state index is 0.208. The average Bonchev–Trinajstić information content (AvgIpc) is 2.68. The quantitative estimate of drug-likeness (QED) is 0.594. The van der Waals surface area contributed by atoms with Gasteiger partial charge in [-0.2, -0.15) is 5.26 Å². The van der Waals surface area contributed by atoms with Crippen molar-refractivity contribution in [2.24, 2.45) is 0 Å². The Morgan fingerprint density at radius 3 is 2.38 bits per heavy atom. The molecule has 0 saturated carbocycles. The molecule has 7 nitrogen and oxygen atoms in total. The SMILES string of the molecule is N#CCNC(=O)C(CS(=O)(=O)Cc1ccc(Cl)c(Cl)c1)NC(=O)c1ccccc1. The minimum atomic E-state index is -3.82. The molecule has 152 valence electrons. The van der Waals surface area contributed by atoms with Crippen LogP contribution in [0.1, 0.15) is 15.9 Å². The second-order valence-corrected chi connectivity index (χ2v) is 8.99. The first kappa shape index (κ1) is 22.7. The van der Waals surface area contributed by atoms with Crippen molar-refractivity contribution in [1.29, 1.82) is 5.26 Å². The van der Waals surface area contributed by atoms with E-state index in [0.717, 1.165) is 0 Å². The highest BCUT2D eigenvalue weighted by Crippen LogP contribution is 2.23. The Balaban J connectivity index is 2.18. The van der Waals surface area contributed by atoms with Crippen LogP contribution in [0.4, 0.5) is 0 Å². The topological polar surface area (TPSA) is 116 Å². The van der Waals surface area contributed by atoms with Crippen molar-refractivity contribution in [3.05, 3.63) is 69.7 Å². The van der Waals surface area contributed by atoms with E-state index in [2.05, 4.69) is 10.6 Å². The molecule has 0 saturated heterocycles. The number of halogens is 2. The van der Waals surface area contributed by atoms with Crippen LogP contribution in [0.5, 0.6) is 0 Å². The zero-order valence-corrected chi connectivity index (χ0v) is 17.4. The number of nitrogens with one attached hydrogen (secondary N) is 2. The number of rotatable bonds is 8. The maximum Gasteiger partial charge on any atom is 0.251 e. The molecule has 2 rings (SSSR count). The number of sulfone groups is 1. The van der Waals surface area contributed by atoms with Gasteiger partial charge in [-0.05, 0) is 29.8 Å². The molecule has 1 unspecified atom stereocenters. The highest BCUT2D eigenvalue weighted by Gasteiger charge is 2.28. The predicted octanol–water partition coefficient (Wildman–Crippen LogP) is 2.35. The number of carbonyl (C=O) groups excluding carboxylic acids is 2. The number of hydrogen-bond donors (Lipinski definition) is 2. The van der Waals surface area contributed by atoms with Crippen molar-refractivity contribution in [3.63, 3.8) is 0 Å². The molecule has 0 bridgehead atoms. The molecule has 10 heteroatoms. The summed E-state index contributed by atoms with van der Waals surface area (Å²) in [6, 6.07) is 12.8. The smallest absolute Gasteiger partial charge is 0.251 e. The third-order valence-electron chi connectivity index (χ3n) is 3.79. The number of nitrogens with zero attached hydrogens (tertiary/aromatic N) is 1. The van der Waals surface area contributed by atoms with Crippen LogP contribution >= 0.6 is 23.2 Å². The molecule has 2 aromatic carbocycles. The first-order valence-electron chi connectivity index (χ1n) is 8.37. The van der Waals surface area contributed by atoms with Crippen molar-refractivity contribution >= 4 is 44.9 Å². The lowest BCUT2D eigenvalue weighted by Crippen LogP contribution is -2.50. The fraction of sp³-hybridized carbons (Fsp3) is 0.211. The molecule has 0 spiro atoms. The Bertz CT molecular complexity index is 1040. The molecule has 0 radical (unpaired) electrons. The van der Waals surface area contributed by atoms with Gasteiger partial charge in [-0.25, -0.2) is 8.42 Å². The second-order valence-electron chi connectivity index (χ2n) is 6.07. The summed E-state index contributed by atoms with van der Waals surface area (Å²) in [6.45, 7) is -0.316. The van der Waals surface area contributed by atoms with Gasteiger partial charge >= 0.3 is 0 Å². The van der Waals surface area contributed by atoms with Crippen molar-refractivity contribution in [2.45, 2.75) is 11.8 Å². The van der Waals surface area contributed by atoms with Gasteiger partial charge in [-0.15, -0.1) is 0 Å². The zero-order chi connectivity index (χ0) is 21.4. The van der Waals surface area contributed by atoms with E-state index >= 15 is 0 Å². The number of nitriles is 1. The van der Waals surface area contributed by atoms with Crippen LogP contribution < -0.4 is 10.6 Å². The van der Waals surface area contributed by atoms with Gasteiger partial charge in [0.05, 0.1) is 27.6 Å². The van der Waals surface area contributed by atoms with Gasteiger partial charge < -0.3 is 10.6 Å². The molecule has 0 aliphatic heterocycles. The number of benzene rings is 2. The molecule has 1 atom stereocenters. The van der Waals surface area contributed by atoms with Gasteiger partial charge in [-0.1, -0.05) is 47.5 Å². The predicted molar refractivity (Wildman–Crippen MR) is 110 cm³/mol. The van der Waals surface area contributed by atoms with E-state index in [-0.39, 0.29) is 22.2 Å². The lowest BCUT2D eigenvalue weighted by Gasteiger charge is -2.18. The normalized spacial score (nSPS) is 11.9.